The standard InChI is InChI=1S/C25H22N2O2/c1-17-11-13-19(14-12-17)22-23-21-10-6-5-7-18(21)15-16-26(23)27(25(22)29)24(28)20-8-3-2-4-9-20/h2-14,22-23H,15-16H2,1H3/t22-,23-/m0/s1. The number of fused-ring (bicyclic) bond motifs is 3. The van der Waals surface area contributed by atoms with Crippen LogP contribution in [0.1, 0.15) is 44.6 Å². The van der Waals surface area contributed by atoms with Gasteiger partial charge in [0, 0.05) is 12.1 Å². The molecule has 0 spiro atoms. The van der Waals surface area contributed by atoms with Gasteiger partial charge in [-0.15, -0.1) is 0 Å². The van der Waals surface area contributed by atoms with Crippen LogP contribution in [0, 0.1) is 6.92 Å². The number of imide groups is 1. The van der Waals surface area contributed by atoms with E-state index in [0.29, 0.717) is 12.1 Å². The molecule has 2 atom stereocenters. The lowest BCUT2D eigenvalue weighted by Crippen LogP contribution is -2.46. The molecule has 0 bridgehead atoms. The number of hydrazine groups is 1. The van der Waals surface area contributed by atoms with Crippen molar-refractivity contribution in [3.8, 4) is 0 Å². The molecule has 1 saturated heterocycles. The summed E-state index contributed by atoms with van der Waals surface area (Å²) in [5.41, 5.74) is 5.03. The van der Waals surface area contributed by atoms with Gasteiger partial charge < -0.3 is 0 Å². The Kier molecular flexibility index (Phi) is 4.29. The lowest BCUT2D eigenvalue weighted by molar-refractivity contribution is -0.134. The van der Waals surface area contributed by atoms with Gasteiger partial charge in [0.1, 0.15) is 0 Å². The molecule has 0 aliphatic carbocycles. The molecule has 0 radical (unpaired) electrons. The Morgan fingerprint density at radius 2 is 1.59 bits per heavy atom. The summed E-state index contributed by atoms with van der Waals surface area (Å²) >= 11 is 0. The van der Waals surface area contributed by atoms with E-state index in [9.17, 15) is 9.59 Å². The largest absolute Gasteiger partial charge is 0.275 e. The van der Waals surface area contributed by atoms with Crippen LogP contribution in [0.2, 0.25) is 0 Å². The molecule has 0 N–H and O–H groups in total. The highest BCUT2D eigenvalue weighted by atomic mass is 16.2. The number of carbonyl (C=O) groups is 2. The van der Waals surface area contributed by atoms with Gasteiger partial charge in [0.25, 0.3) is 11.8 Å². The van der Waals surface area contributed by atoms with Crippen LogP contribution < -0.4 is 0 Å². The molecule has 144 valence electrons. The molecule has 5 rings (SSSR count). The summed E-state index contributed by atoms with van der Waals surface area (Å²) in [6, 6.07) is 25.3. The van der Waals surface area contributed by atoms with Gasteiger partial charge in [0.15, 0.2) is 0 Å². The summed E-state index contributed by atoms with van der Waals surface area (Å²) < 4.78 is 0. The van der Waals surface area contributed by atoms with Crippen molar-refractivity contribution in [2.75, 3.05) is 6.54 Å². The van der Waals surface area contributed by atoms with Gasteiger partial charge in [0.05, 0.1) is 12.0 Å². The molecule has 2 heterocycles. The summed E-state index contributed by atoms with van der Waals surface area (Å²) in [5, 5.41) is 3.37. The molecule has 4 nitrogen and oxygen atoms in total. The van der Waals surface area contributed by atoms with Crippen molar-refractivity contribution in [3.05, 3.63) is 107 Å². The highest BCUT2D eigenvalue weighted by Gasteiger charge is 2.52. The van der Waals surface area contributed by atoms with Crippen molar-refractivity contribution in [2.24, 2.45) is 0 Å². The number of rotatable bonds is 2. The molecule has 0 unspecified atom stereocenters. The highest BCUT2D eigenvalue weighted by Crippen LogP contribution is 2.47. The Morgan fingerprint density at radius 3 is 2.34 bits per heavy atom. The number of amides is 2. The van der Waals surface area contributed by atoms with Crippen LogP contribution in [0.3, 0.4) is 0 Å². The molecule has 4 heteroatoms. The summed E-state index contributed by atoms with van der Waals surface area (Å²) in [5.74, 6) is -0.802. The molecule has 2 amide bonds. The normalized spacial score (nSPS) is 21.0. The van der Waals surface area contributed by atoms with Crippen molar-refractivity contribution < 1.29 is 9.59 Å². The first-order valence-electron chi connectivity index (χ1n) is 9.99. The number of hydrogen-bond donors (Lipinski definition) is 0. The predicted octanol–water partition coefficient (Wildman–Crippen LogP) is 4.28. The fourth-order valence-corrected chi connectivity index (χ4v) is 4.57. The summed E-state index contributed by atoms with van der Waals surface area (Å²) in [4.78, 5) is 27.0. The Labute approximate surface area is 170 Å². The van der Waals surface area contributed by atoms with E-state index in [1.165, 1.54) is 10.6 Å². The number of hydrogen-bond acceptors (Lipinski definition) is 3. The lowest BCUT2D eigenvalue weighted by Gasteiger charge is -2.36. The minimum Gasteiger partial charge on any atom is -0.272 e. The third-order valence-electron chi connectivity index (χ3n) is 6.00. The van der Waals surface area contributed by atoms with Crippen molar-refractivity contribution in [3.63, 3.8) is 0 Å². The zero-order valence-corrected chi connectivity index (χ0v) is 16.3. The quantitative estimate of drug-likeness (QED) is 0.622. The van der Waals surface area contributed by atoms with E-state index in [2.05, 4.69) is 12.1 Å². The van der Waals surface area contributed by atoms with Crippen LogP contribution in [0.25, 0.3) is 0 Å². The molecule has 1 fully saturated rings. The van der Waals surface area contributed by atoms with Gasteiger partial charge in [-0.1, -0.05) is 72.3 Å². The maximum atomic E-state index is 13.6. The van der Waals surface area contributed by atoms with Crippen molar-refractivity contribution >= 4 is 11.8 Å². The van der Waals surface area contributed by atoms with E-state index in [0.717, 1.165) is 23.1 Å². The minimum absolute atomic E-state index is 0.149. The van der Waals surface area contributed by atoms with Crippen LogP contribution in [-0.2, 0) is 11.2 Å². The topological polar surface area (TPSA) is 40.6 Å². The van der Waals surface area contributed by atoms with E-state index >= 15 is 0 Å². The van der Waals surface area contributed by atoms with E-state index in [1.54, 1.807) is 12.1 Å². The summed E-state index contributed by atoms with van der Waals surface area (Å²) in [6.45, 7) is 2.68. The molecule has 0 saturated carbocycles. The third-order valence-corrected chi connectivity index (χ3v) is 6.00. The molecule has 3 aromatic carbocycles. The van der Waals surface area contributed by atoms with Crippen molar-refractivity contribution in [1.82, 2.24) is 10.0 Å². The van der Waals surface area contributed by atoms with Gasteiger partial charge in [-0.2, -0.15) is 0 Å². The van der Waals surface area contributed by atoms with E-state index in [1.807, 2.05) is 66.5 Å². The Morgan fingerprint density at radius 1 is 0.897 bits per heavy atom. The molecule has 29 heavy (non-hydrogen) atoms. The van der Waals surface area contributed by atoms with Gasteiger partial charge in [-0.3, -0.25) is 9.59 Å². The van der Waals surface area contributed by atoms with Gasteiger partial charge in [0.2, 0.25) is 0 Å². The molecular weight excluding hydrogens is 360 g/mol. The fraction of sp³-hybridized carbons (Fsp3) is 0.200. The second-order valence-corrected chi connectivity index (χ2v) is 7.77. The first-order valence-corrected chi connectivity index (χ1v) is 9.99. The highest BCUT2D eigenvalue weighted by molar-refractivity contribution is 6.07. The monoisotopic (exact) mass is 382 g/mol. The maximum absolute atomic E-state index is 13.6. The van der Waals surface area contributed by atoms with Crippen molar-refractivity contribution in [1.29, 1.82) is 0 Å². The smallest absolute Gasteiger partial charge is 0.272 e. The Bertz CT molecular complexity index is 1080. The molecule has 2 aliphatic rings. The molecule has 0 aromatic heterocycles. The van der Waals surface area contributed by atoms with Gasteiger partial charge in [-0.05, 0) is 42.2 Å². The number of benzene rings is 3. The maximum Gasteiger partial charge on any atom is 0.275 e. The van der Waals surface area contributed by atoms with Gasteiger partial charge in [-0.25, -0.2) is 10.0 Å². The first kappa shape index (κ1) is 17.8. The average molecular weight is 382 g/mol. The van der Waals surface area contributed by atoms with Gasteiger partial charge >= 0.3 is 0 Å². The lowest BCUT2D eigenvalue weighted by atomic mass is 9.83. The minimum atomic E-state index is -0.398. The van der Waals surface area contributed by atoms with Crippen LogP contribution in [0.4, 0.5) is 0 Å². The number of aryl methyl sites for hydroxylation is 1. The first-order chi connectivity index (χ1) is 14.1. The second kappa shape index (κ2) is 6.98. The van der Waals surface area contributed by atoms with E-state index < -0.39 is 5.92 Å². The number of carbonyl (C=O) groups excluding carboxylic acids is 2. The zero-order chi connectivity index (χ0) is 20.0. The Balaban J connectivity index is 1.64. The molecular formula is C25H22N2O2. The fourth-order valence-electron chi connectivity index (χ4n) is 4.57. The van der Waals surface area contributed by atoms with Crippen LogP contribution in [0.5, 0.6) is 0 Å². The predicted molar refractivity (Wildman–Crippen MR) is 111 cm³/mol. The number of nitrogens with zero attached hydrogens (tertiary/aromatic N) is 2. The molecule has 3 aromatic rings. The SMILES string of the molecule is Cc1ccc([C@@H]2C(=O)N(C(=O)c3ccccc3)N3CCc4ccccc4[C@@H]23)cc1. The van der Waals surface area contributed by atoms with Crippen molar-refractivity contribution in [2.45, 2.75) is 25.3 Å². The van der Waals surface area contributed by atoms with Crippen LogP contribution in [-0.4, -0.2) is 28.4 Å². The zero-order valence-electron chi connectivity index (χ0n) is 16.3. The molecule has 2 aliphatic heterocycles. The Hall–Kier alpha value is -3.24. The van der Waals surface area contributed by atoms with Crippen LogP contribution >= 0.6 is 0 Å². The van der Waals surface area contributed by atoms with E-state index in [-0.39, 0.29) is 17.9 Å². The second-order valence-electron chi connectivity index (χ2n) is 7.77. The summed E-state index contributed by atoms with van der Waals surface area (Å²) in [7, 11) is 0. The average Bonchev–Trinajstić information content (AvgIpc) is 3.07. The van der Waals surface area contributed by atoms with Crippen LogP contribution in [0.15, 0.2) is 78.9 Å². The summed E-state index contributed by atoms with van der Waals surface area (Å²) in [6.07, 6.45) is 0.819. The van der Waals surface area contributed by atoms with E-state index in [4.69, 9.17) is 0 Å². The third kappa shape index (κ3) is 2.88.